The van der Waals surface area contributed by atoms with Crippen molar-refractivity contribution in [3.8, 4) is 0 Å². The summed E-state index contributed by atoms with van der Waals surface area (Å²) in [5, 5.41) is 0. The smallest absolute Gasteiger partial charge is 0.152 e. The second-order valence-electron chi connectivity index (χ2n) is 2.22. The molecule has 0 amide bonds. The molecule has 50 valence electrons. The Labute approximate surface area is 56.1 Å². The minimum absolute atomic E-state index is 0.0792. The molecule has 1 heteroatoms. The molecule has 1 nitrogen and oxygen atoms in total. The zero-order valence-electron chi connectivity index (χ0n) is 6.19. The fourth-order valence-corrected chi connectivity index (χ4v) is 0.428. The summed E-state index contributed by atoms with van der Waals surface area (Å²) in [7, 11) is 0. The van der Waals surface area contributed by atoms with E-state index in [0.29, 0.717) is 0 Å². The van der Waals surface area contributed by atoms with Crippen molar-refractivity contribution in [3.05, 3.63) is 23.8 Å². The maximum absolute atomic E-state index is 10.4. The van der Waals surface area contributed by atoms with Crippen LogP contribution in [0, 0.1) is 0 Å². The molecule has 0 aromatic carbocycles. The molecular formula is C8H12O. The number of allylic oxidation sites excluding steroid dienone is 3. The number of hydrogen-bond donors (Lipinski definition) is 0. The van der Waals surface area contributed by atoms with E-state index in [1.807, 2.05) is 13.8 Å². The Hall–Kier alpha value is -0.850. The third-order valence-corrected chi connectivity index (χ3v) is 1.09. The van der Waals surface area contributed by atoms with Crippen LogP contribution in [0.5, 0.6) is 0 Å². The molecule has 0 N–H and O–H groups in total. The van der Waals surface area contributed by atoms with Crippen molar-refractivity contribution in [1.29, 1.82) is 0 Å². The second-order valence-corrected chi connectivity index (χ2v) is 2.22. The van der Waals surface area contributed by atoms with E-state index >= 15 is 0 Å². The molecule has 0 saturated heterocycles. The molecule has 9 heavy (non-hydrogen) atoms. The zero-order chi connectivity index (χ0) is 7.44. The van der Waals surface area contributed by atoms with E-state index in [1.54, 1.807) is 6.08 Å². The molecule has 0 atom stereocenters. The molecule has 0 unspecified atom stereocenters. The Kier molecular flexibility index (Phi) is 2.93. The minimum atomic E-state index is 0.0792. The Balaban J connectivity index is 4.17. The predicted molar refractivity (Wildman–Crippen MR) is 39.3 cm³/mol. The van der Waals surface area contributed by atoms with Gasteiger partial charge in [-0.2, -0.15) is 0 Å². The Morgan fingerprint density at radius 2 is 1.78 bits per heavy atom. The Morgan fingerprint density at radius 3 is 1.89 bits per heavy atom. The van der Waals surface area contributed by atoms with Gasteiger partial charge in [-0.3, -0.25) is 4.79 Å². The first-order valence-electron chi connectivity index (χ1n) is 2.89. The Morgan fingerprint density at radius 1 is 1.33 bits per heavy atom. The lowest BCUT2D eigenvalue weighted by atomic mass is 10.1. The molecule has 0 rings (SSSR count). The van der Waals surface area contributed by atoms with Gasteiger partial charge in [-0.05, 0) is 32.4 Å². The van der Waals surface area contributed by atoms with Crippen LogP contribution >= 0.6 is 0 Å². The van der Waals surface area contributed by atoms with Crippen LogP contribution in [0.2, 0.25) is 0 Å². The fourth-order valence-electron chi connectivity index (χ4n) is 0.428. The minimum Gasteiger partial charge on any atom is -0.295 e. The van der Waals surface area contributed by atoms with E-state index in [1.165, 1.54) is 6.92 Å². The maximum atomic E-state index is 10.4. The normalized spacial score (nSPS) is 11.2. The number of hydrogen-bond acceptors (Lipinski definition) is 1. The predicted octanol–water partition coefficient (Wildman–Crippen LogP) is 2.10. The summed E-state index contributed by atoms with van der Waals surface area (Å²) in [6, 6.07) is 0. The van der Waals surface area contributed by atoms with Crippen molar-refractivity contribution in [2.24, 2.45) is 0 Å². The lowest BCUT2D eigenvalue weighted by molar-refractivity contribution is -0.112. The first-order chi connectivity index (χ1) is 4.04. The standard InChI is InChI=1S/C8H12O/c1-6(2)7(3)5-8(4)9/h5H,1H2,2-4H3. The average molecular weight is 124 g/mol. The van der Waals surface area contributed by atoms with Crippen molar-refractivity contribution in [2.45, 2.75) is 20.8 Å². The third kappa shape index (κ3) is 3.71. The summed E-state index contributed by atoms with van der Waals surface area (Å²) >= 11 is 0. The number of carbonyl (C=O) groups is 1. The molecule has 0 aliphatic heterocycles. The number of ketones is 1. The third-order valence-electron chi connectivity index (χ3n) is 1.09. The molecule has 0 radical (unpaired) electrons. The largest absolute Gasteiger partial charge is 0.295 e. The summed E-state index contributed by atoms with van der Waals surface area (Å²) in [4.78, 5) is 10.4. The average Bonchev–Trinajstić information content (AvgIpc) is 1.63. The molecule has 0 saturated carbocycles. The molecule has 0 spiro atoms. The number of carbonyl (C=O) groups excluding carboxylic acids is 1. The van der Waals surface area contributed by atoms with Crippen molar-refractivity contribution in [3.63, 3.8) is 0 Å². The van der Waals surface area contributed by atoms with E-state index in [2.05, 4.69) is 6.58 Å². The first-order valence-corrected chi connectivity index (χ1v) is 2.89. The van der Waals surface area contributed by atoms with Gasteiger partial charge in [0.15, 0.2) is 5.78 Å². The van der Waals surface area contributed by atoms with Gasteiger partial charge in [0.2, 0.25) is 0 Å². The van der Waals surface area contributed by atoms with Crippen LogP contribution in [-0.2, 0) is 4.79 Å². The first kappa shape index (κ1) is 8.15. The number of rotatable bonds is 2. The topological polar surface area (TPSA) is 17.1 Å². The molecule has 0 heterocycles. The van der Waals surface area contributed by atoms with Crippen molar-refractivity contribution < 1.29 is 4.79 Å². The van der Waals surface area contributed by atoms with Crippen LogP contribution in [0.3, 0.4) is 0 Å². The van der Waals surface area contributed by atoms with Crippen LogP contribution in [0.15, 0.2) is 23.8 Å². The SMILES string of the molecule is C=C(C)C(C)=CC(C)=O. The van der Waals surface area contributed by atoms with E-state index in [0.717, 1.165) is 11.1 Å². The van der Waals surface area contributed by atoms with Gasteiger partial charge in [0.1, 0.15) is 0 Å². The van der Waals surface area contributed by atoms with E-state index in [4.69, 9.17) is 0 Å². The lowest BCUT2D eigenvalue weighted by Gasteiger charge is -1.94. The van der Waals surface area contributed by atoms with Gasteiger partial charge >= 0.3 is 0 Å². The summed E-state index contributed by atoms with van der Waals surface area (Å²) in [6.07, 6.45) is 1.59. The maximum Gasteiger partial charge on any atom is 0.152 e. The summed E-state index contributed by atoms with van der Waals surface area (Å²) in [5.74, 6) is 0.0792. The summed E-state index contributed by atoms with van der Waals surface area (Å²) in [6.45, 7) is 8.98. The van der Waals surface area contributed by atoms with Crippen LogP contribution in [0.4, 0.5) is 0 Å². The van der Waals surface area contributed by atoms with Gasteiger partial charge in [-0.15, -0.1) is 0 Å². The highest BCUT2D eigenvalue weighted by Crippen LogP contribution is 2.03. The van der Waals surface area contributed by atoms with Crippen LogP contribution in [0.25, 0.3) is 0 Å². The van der Waals surface area contributed by atoms with Crippen LogP contribution in [0.1, 0.15) is 20.8 Å². The van der Waals surface area contributed by atoms with Crippen LogP contribution < -0.4 is 0 Å². The molecule has 0 aliphatic rings. The molecular weight excluding hydrogens is 112 g/mol. The molecule has 0 fully saturated rings. The van der Waals surface area contributed by atoms with Gasteiger partial charge in [-0.1, -0.05) is 12.2 Å². The van der Waals surface area contributed by atoms with Crippen molar-refractivity contribution >= 4 is 5.78 Å². The highest BCUT2D eigenvalue weighted by molar-refractivity contribution is 5.88. The monoisotopic (exact) mass is 124 g/mol. The van der Waals surface area contributed by atoms with E-state index < -0.39 is 0 Å². The van der Waals surface area contributed by atoms with E-state index in [-0.39, 0.29) is 5.78 Å². The second kappa shape index (κ2) is 3.23. The highest BCUT2D eigenvalue weighted by atomic mass is 16.1. The van der Waals surface area contributed by atoms with E-state index in [9.17, 15) is 4.79 Å². The van der Waals surface area contributed by atoms with Gasteiger partial charge in [0.25, 0.3) is 0 Å². The van der Waals surface area contributed by atoms with Gasteiger partial charge in [0.05, 0.1) is 0 Å². The van der Waals surface area contributed by atoms with Gasteiger partial charge in [-0.25, -0.2) is 0 Å². The fraction of sp³-hybridized carbons (Fsp3) is 0.375. The molecule has 0 aromatic rings. The molecule has 0 aliphatic carbocycles. The quantitative estimate of drug-likeness (QED) is 0.407. The molecule has 0 bridgehead atoms. The van der Waals surface area contributed by atoms with Gasteiger partial charge in [0, 0.05) is 0 Å². The van der Waals surface area contributed by atoms with Gasteiger partial charge < -0.3 is 0 Å². The lowest BCUT2D eigenvalue weighted by Crippen LogP contribution is -1.85. The summed E-state index contributed by atoms with van der Waals surface area (Å²) in [5.41, 5.74) is 1.91. The zero-order valence-corrected chi connectivity index (χ0v) is 6.19. The highest BCUT2D eigenvalue weighted by Gasteiger charge is 1.89. The Bertz CT molecular complexity index is 163. The summed E-state index contributed by atoms with van der Waals surface area (Å²) < 4.78 is 0. The van der Waals surface area contributed by atoms with Crippen molar-refractivity contribution in [2.75, 3.05) is 0 Å². The van der Waals surface area contributed by atoms with Crippen molar-refractivity contribution in [1.82, 2.24) is 0 Å². The molecule has 0 aromatic heterocycles. The van der Waals surface area contributed by atoms with Crippen LogP contribution in [-0.4, -0.2) is 5.78 Å².